The number of hydrogen-bond acceptors (Lipinski definition) is 2. The second kappa shape index (κ2) is 10.6. The van der Waals surface area contributed by atoms with Crippen molar-refractivity contribution in [3.05, 3.63) is 0 Å². The number of rotatable bonds is 5. The molecule has 0 amide bonds. The molecule has 0 aromatic carbocycles. The van der Waals surface area contributed by atoms with Gasteiger partial charge in [0.1, 0.15) is 0 Å². The van der Waals surface area contributed by atoms with Crippen LogP contribution in [-0.4, -0.2) is 22.2 Å². The van der Waals surface area contributed by atoms with Gasteiger partial charge in [0.05, 0.1) is 0 Å². The van der Waals surface area contributed by atoms with Crippen LogP contribution in [0.5, 0.6) is 0 Å². The van der Waals surface area contributed by atoms with Crippen LogP contribution in [0.25, 0.3) is 0 Å². The molecule has 0 bridgehead atoms. The van der Waals surface area contributed by atoms with E-state index in [-0.39, 0.29) is 0 Å². The predicted molar refractivity (Wildman–Crippen MR) is 82.3 cm³/mol. The van der Waals surface area contributed by atoms with Gasteiger partial charge in [0.25, 0.3) is 0 Å². The summed E-state index contributed by atoms with van der Waals surface area (Å²) in [5.74, 6) is -0.0893. The van der Waals surface area contributed by atoms with Crippen molar-refractivity contribution < 1.29 is 19.8 Å². The van der Waals surface area contributed by atoms with Gasteiger partial charge in [-0.25, -0.2) is 0 Å². The van der Waals surface area contributed by atoms with Crippen molar-refractivity contribution in [3.63, 3.8) is 0 Å². The zero-order valence-corrected chi connectivity index (χ0v) is 13.1. The number of carboxylic acids is 2. The largest absolute Gasteiger partial charge is 0.481 e. The Morgan fingerprint density at radius 2 is 1.19 bits per heavy atom. The Bertz CT molecular complexity index is 302. The zero-order valence-electron chi connectivity index (χ0n) is 13.1. The molecule has 0 radical (unpaired) electrons. The lowest BCUT2D eigenvalue weighted by Gasteiger charge is -2.20. The lowest BCUT2D eigenvalue weighted by molar-refractivity contribution is -0.139. The molecule has 2 rings (SSSR count). The van der Waals surface area contributed by atoms with Gasteiger partial charge in [-0.1, -0.05) is 51.4 Å². The average Bonchev–Trinajstić information content (AvgIpc) is 2.47. The molecule has 122 valence electrons. The van der Waals surface area contributed by atoms with Gasteiger partial charge >= 0.3 is 11.9 Å². The van der Waals surface area contributed by atoms with Crippen LogP contribution in [0.15, 0.2) is 0 Å². The molecule has 2 fully saturated rings. The minimum absolute atomic E-state index is 0.366. The second-order valence-corrected chi connectivity index (χ2v) is 6.54. The highest BCUT2D eigenvalue weighted by molar-refractivity contribution is 5.67. The van der Waals surface area contributed by atoms with Crippen LogP contribution in [-0.2, 0) is 9.59 Å². The predicted octanol–water partition coefficient (Wildman–Crippen LogP) is 4.47. The highest BCUT2D eigenvalue weighted by atomic mass is 16.4. The molecule has 21 heavy (non-hydrogen) atoms. The van der Waals surface area contributed by atoms with Gasteiger partial charge < -0.3 is 10.2 Å². The fraction of sp³-hybridized carbons (Fsp3) is 0.882. The molecule has 0 aliphatic heterocycles. The molecule has 0 spiro atoms. The molecule has 0 atom stereocenters. The molecule has 4 heteroatoms. The van der Waals surface area contributed by atoms with Gasteiger partial charge in [0.15, 0.2) is 0 Å². The van der Waals surface area contributed by atoms with E-state index in [1.807, 2.05) is 0 Å². The van der Waals surface area contributed by atoms with Crippen LogP contribution in [0.3, 0.4) is 0 Å². The summed E-state index contributed by atoms with van der Waals surface area (Å²) >= 11 is 0. The molecule has 0 aromatic rings. The third kappa shape index (κ3) is 9.48. The number of aliphatic carboxylic acids is 2. The third-order valence-corrected chi connectivity index (χ3v) is 4.68. The molecule has 2 aliphatic rings. The van der Waals surface area contributed by atoms with Gasteiger partial charge in [-0.2, -0.15) is 0 Å². The van der Waals surface area contributed by atoms with E-state index in [9.17, 15) is 9.59 Å². The summed E-state index contributed by atoms with van der Waals surface area (Å²) in [6, 6.07) is 0. The molecule has 4 nitrogen and oxygen atoms in total. The summed E-state index contributed by atoms with van der Waals surface area (Å²) in [6.07, 6.45) is 14.2. The van der Waals surface area contributed by atoms with Crippen molar-refractivity contribution >= 4 is 11.9 Å². The molecule has 2 saturated carbocycles. The molecular weight excluding hydrogens is 268 g/mol. The van der Waals surface area contributed by atoms with Crippen molar-refractivity contribution in [1.82, 2.24) is 0 Å². The monoisotopic (exact) mass is 298 g/mol. The van der Waals surface area contributed by atoms with Crippen LogP contribution in [0.1, 0.15) is 83.5 Å². The average molecular weight is 298 g/mol. The van der Waals surface area contributed by atoms with Gasteiger partial charge in [0.2, 0.25) is 0 Å². The van der Waals surface area contributed by atoms with Crippen LogP contribution in [0.2, 0.25) is 0 Å². The maximum atomic E-state index is 10.3. The van der Waals surface area contributed by atoms with E-state index in [4.69, 9.17) is 10.2 Å². The van der Waals surface area contributed by atoms with Crippen molar-refractivity contribution in [3.8, 4) is 0 Å². The second-order valence-electron chi connectivity index (χ2n) is 6.54. The van der Waals surface area contributed by atoms with Crippen LogP contribution < -0.4 is 0 Å². The summed E-state index contributed by atoms with van der Waals surface area (Å²) in [6.45, 7) is 0. The number of carboxylic acid groups (broad SMARTS) is 2. The van der Waals surface area contributed by atoms with Crippen molar-refractivity contribution in [2.75, 3.05) is 0 Å². The highest BCUT2D eigenvalue weighted by Gasteiger charge is 2.16. The SMILES string of the molecule is O=C(O)CC1CCCCC1.O=C(O)CCC1CCCCC1. The van der Waals surface area contributed by atoms with E-state index in [1.54, 1.807) is 0 Å². The first-order chi connectivity index (χ1) is 10.1. The lowest BCUT2D eigenvalue weighted by Crippen LogP contribution is -2.10. The van der Waals surface area contributed by atoms with Crippen LogP contribution >= 0.6 is 0 Å². The lowest BCUT2D eigenvalue weighted by atomic mass is 9.86. The molecule has 0 saturated heterocycles. The molecule has 0 aromatic heterocycles. The molecule has 2 N–H and O–H groups in total. The summed E-state index contributed by atoms with van der Waals surface area (Å²) in [7, 11) is 0. The van der Waals surface area contributed by atoms with Gasteiger partial charge in [-0.15, -0.1) is 0 Å². The fourth-order valence-corrected chi connectivity index (χ4v) is 3.44. The van der Waals surface area contributed by atoms with E-state index >= 15 is 0 Å². The smallest absolute Gasteiger partial charge is 0.303 e. The van der Waals surface area contributed by atoms with E-state index in [1.165, 1.54) is 51.4 Å². The summed E-state index contributed by atoms with van der Waals surface area (Å²) in [5, 5.41) is 16.9. The molecular formula is C17H30O4. The maximum absolute atomic E-state index is 10.3. The quantitative estimate of drug-likeness (QED) is 0.785. The highest BCUT2D eigenvalue weighted by Crippen LogP contribution is 2.27. The number of carbonyl (C=O) groups is 2. The van der Waals surface area contributed by atoms with E-state index in [0.29, 0.717) is 24.7 Å². The fourth-order valence-electron chi connectivity index (χ4n) is 3.44. The van der Waals surface area contributed by atoms with Crippen molar-refractivity contribution in [2.45, 2.75) is 83.5 Å². The van der Waals surface area contributed by atoms with Crippen LogP contribution in [0.4, 0.5) is 0 Å². The Labute approximate surface area is 127 Å². The van der Waals surface area contributed by atoms with E-state index in [2.05, 4.69) is 0 Å². The molecule has 0 heterocycles. The van der Waals surface area contributed by atoms with Gasteiger partial charge in [0, 0.05) is 12.8 Å². The first-order valence-corrected chi connectivity index (χ1v) is 8.51. The Morgan fingerprint density at radius 3 is 1.62 bits per heavy atom. The van der Waals surface area contributed by atoms with Gasteiger partial charge in [-0.3, -0.25) is 9.59 Å². The van der Waals surface area contributed by atoms with Crippen molar-refractivity contribution in [2.24, 2.45) is 11.8 Å². The van der Waals surface area contributed by atoms with E-state index in [0.717, 1.165) is 19.3 Å². The Hall–Kier alpha value is -1.06. The summed E-state index contributed by atoms with van der Waals surface area (Å²) in [5.41, 5.74) is 0. The van der Waals surface area contributed by atoms with E-state index < -0.39 is 11.9 Å². The minimum Gasteiger partial charge on any atom is -0.481 e. The minimum atomic E-state index is -0.643. The normalized spacial score (nSPS) is 20.4. The third-order valence-electron chi connectivity index (χ3n) is 4.68. The standard InChI is InChI=1S/C9H16O2.C8H14O2/c10-9(11)7-6-8-4-2-1-3-5-8;9-8(10)6-7-4-2-1-3-5-7/h8H,1-7H2,(H,10,11);7H,1-6H2,(H,9,10). The van der Waals surface area contributed by atoms with Crippen LogP contribution in [0, 0.1) is 11.8 Å². The first kappa shape index (κ1) is 18.0. The summed E-state index contributed by atoms with van der Waals surface area (Å²) < 4.78 is 0. The maximum Gasteiger partial charge on any atom is 0.303 e. The van der Waals surface area contributed by atoms with Crippen molar-refractivity contribution in [1.29, 1.82) is 0 Å². The Kier molecular flexibility index (Phi) is 9.11. The summed E-state index contributed by atoms with van der Waals surface area (Å²) in [4.78, 5) is 20.5. The Morgan fingerprint density at radius 1 is 0.714 bits per heavy atom. The Balaban J connectivity index is 0.000000211. The first-order valence-electron chi connectivity index (χ1n) is 8.51. The molecule has 2 aliphatic carbocycles. The zero-order chi connectivity index (χ0) is 15.5. The molecule has 0 unspecified atom stereocenters. The van der Waals surface area contributed by atoms with Gasteiger partial charge in [-0.05, 0) is 31.1 Å². The number of hydrogen-bond donors (Lipinski definition) is 2. The topological polar surface area (TPSA) is 74.6 Å².